The molecule has 2 fully saturated rings. The van der Waals surface area contributed by atoms with Gasteiger partial charge in [0.15, 0.2) is 0 Å². The molecule has 4 rings (SSSR count). The lowest BCUT2D eigenvalue weighted by molar-refractivity contribution is -0.122. The van der Waals surface area contributed by atoms with Crippen LogP contribution in [0.5, 0.6) is 0 Å². The van der Waals surface area contributed by atoms with Gasteiger partial charge in [0, 0.05) is 25.8 Å². The standard InChI is InChI=1S/C23H28N4O2S2/c1-4-5-10-27-22(29)18(31-23(27)30)14-17-20(25-12-8-15(2)9-13-25)24-19-16(3)7-6-11-26(19)21(17)28/h6-7,11,14-15H,4-5,8-10,12-13H2,1-3H3/b18-14+. The molecule has 0 bridgehead atoms. The lowest BCUT2D eigenvalue weighted by Crippen LogP contribution is -2.36. The van der Waals surface area contributed by atoms with E-state index in [2.05, 4.69) is 18.7 Å². The maximum Gasteiger partial charge on any atom is 0.267 e. The first-order valence-corrected chi connectivity index (χ1v) is 12.2. The number of anilines is 1. The molecule has 0 unspecified atom stereocenters. The van der Waals surface area contributed by atoms with Gasteiger partial charge in [-0.2, -0.15) is 0 Å². The topological polar surface area (TPSA) is 57.9 Å². The Labute approximate surface area is 192 Å². The molecule has 0 radical (unpaired) electrons. The minimum Gasteiger partial charge on any atom is -0.356 e. The molecule has 0 aromatic carbocycles. The molecule has 0 aliphatic carbocycles. The first-order chi connectivity index (χ1) is 14.9. The number of aryl methyl sites for hydroxylation is 1. The van der Waals surface area contributed by atoms with Gasteiger partial charge >= 0.3 is 0 Å². The SMILES string of the molecule is CCCCN1C(=O)/C(=C\c2c(N3CCC(C)CC3)nc3c(C)cccn3c2=O)SC1=S. The Hall–Kier alpha value is -2.19. The van der Waals surface area contributed by atoms with Gasteiger partial charge in [0.1, 0.15) is 15.8 Å². The van der Waals surface area contributed by atoms with Crippen LogP contribution in [0.4, 0.5) is 5.82 Å². The highest BCUT2D eigenvalue weighted by Crippen LogP contribution is 2.34. The van der Waals surface area contributed by atoms with Crippen LogP contribution < -0.4 is 10.5 Å². The van der Waals surface area contributed by atoms with Gasteiger partial charge in [-0.15, -0.1) is 0 Å². The highest BCUT2D eigenvalue weighted by Gasteiger charge is 2.32. The number of rotatable bonds is 5. The molecule has 4 heterocycles. The van der Waals surface area contributed by atoms with Crippen molar-refractivity contribution < 1.29 is 4.79 Å². The Morgan fingerprint density at radius 1 is 1.29 bits per heavy atom. The van der Waals surface area contributed by atoms with E-state index in [9.17, 15) is 9.59 Å². The molecular formula is C23H28N4O2S2. The van der Waals surface area contributed by atoms with Gasteiger partial charge in [0.25, 0.3) is 11.5 Å². The van der Waals surface area contributed by atoms with Crippen LogP contribution in [0, 0.1) is 12.8 Å². The number of carbonyl (C=O) groups excluding carboxylic acids is 1. The van der Waals surface area contributed by atoms with Crippen molar-refractivity contribution in [1.82, 2.24) is 14.3 Å². The summed E-state index contributed by atoms with van der Waals surface area (Å²) >= 11 is 6.71. The summed E-state index contributed by atoms with van der Waals surface area (Å²) < 4.78 is 2.14. The second-order valence-electron chi connectivity index (χ2n) is 8.40. The van der Waals surface area contributed by atoms with E-state index in [4.69, 9.17) is 17.2 Å². The Balaban J connectivity index is 1.83. The monoisotopic (exact) mass is 456 g/mol. The first-order valence-electron chi connectivity index (χ1n) is 10.9. The van der Waals surface area contributed by atoms with Crippen molar-refractivity contribution in [3.05, 3.63) is 44.7 Å². The lowest BCUT2D eigenvalue weighted by Gasteiger charge is -2.32. The van der Waals surface area contributed by atoms with E-state index in [0.29, 0.717) is 38.7 Å². The summed E-state index contributed by atoms with van der Waals surface area (Å²) in [5, 5.41) is 0. The van der Waals surface area contributed by atoms with Crippen molar-refractivity contribution in [3.8, 4) is 0 Å². The number of unbranched alkanes of at least 4 members (excludes halogenated alkanes) is 1. The molecule has 2 saturated heterocycles. The van der Waals surface area contributed by atoms with Crippen LogP contribution in [0.15, 0.2) is 28.0 Å². The molecule has 2 aromatic heterocycles. The van der Waals surface area contributed by atoms with Gasteiger partial charge in [-0.25, -0.2) is 4.98 Å². The van der Waals surface area contributed by atoms with Crippen molar-refractivity contribution in [2.24, 2.45) is 5.92 Å². The zero-order valence-electron chi connectivity index (χ0n) is 18.3. The number of hydrogen-bond donors (Lipinski definition) is 0. The molecule has 31 heavy (non-hydrogen) atoms. The van der Waals surface area contributed by atoms with Crippen LogP contribution in [0.25, 0.3) is 11.7 Å². The zero-order valence-corrected chi connectivity index (χ0v) is 19.9. The minimum absolute atomic E-state index is 0.115. The van der Waals surface area contributed by atoms with Crippen molar-refractivity contribution >= 4 is 51.7 Å². The Morgan fingerprint density at radius 2 is 2.03 bits per heavy atom. The molecule has 0 N–H and O–H groups in total. The van der Waals surface area contributed by atoms with Crippen LogP contribution >= 0.6 is 24.0 Å². The number of thioether (sulfide) groups is 1. The molecule has 0 saturated carbocycles. The van der Waals surface area contributed by atoms with Crippen LogP contribution in [0.2, 0.25) is 0 Å². The van der Waals surface area contributed by atoms with E-state index >= 15 is 0 Å². The first kappa shape index (κ1) is 22.0. The predicted molar refractivity (Wildman–Crippen MR) is 132 cm³/mol. The van der Waals surface area contributed by atoms with E-state index in [1.165, 1.54) is 11.8 Å². The smallest absolute Gasteiger partial charge is 0.267 e. The van der Waals surface area contributed by atoms with Gasteiger partial charge in [-0.1, -0.05) is 50.3 Å². The summed E-state index contributed by atoms with van der Waals surface area (Å²) in [6.07, 6.45) is 7.46. The van der Waals surface area contributed by atoms with Crippen LogP contribution in [-0.2, 0) is 4.79 Å². The van der Waals surface area contributed by atoms with Crippen molar-refractivity contribution in [1.29, 1.82) is 0 Å². The van der Waals surface area contributed by atoms with Crippen LogP contribution in [-0.4, -0.2) is 44.1 Å². The summed E-state index contributed by atoms with van der Waals surface area (Å²) in [6, 6.07) is 3.81. The fourth-order valence-corrected chi connectivity index (χ4v) is 5.32. The predicted octanol–water partition coefficient (Wildman–Crippen LogP) is 4.24. The Kier molecular flexibility index (Phi) is 6.48. The highest BCUT2D eigenvalue weighted by molar-refractivity contribution is 8.26. The summed E-state index contributed by atoms with van der Waals surface area (Å²) in [6.45, 7) is 8.63. The largest absolute Gasteiger partial charge is 0.356 e. The van der Waals surface area contributed by atoms with Gasteiger partial charge in [-0.05, 0) is 49.8 Å². The Bertz CT molecular complexity index is 1120. The number of pyridine rings is 1. The number of aromatic nitrogens is 2. The van der Waals surface area contributed by atoms with Gasteiger partial charge in [0.05, 0.1) is 10.5 Å². The third-order valence-electron chi connectivity index (χ3n) is 6.03. The van der Waals surface area contributed by atoms with Crippen molar-refractivity contribution in [3.63, 3.8) is 0 Å². The second kappa shape index (κ2) is 9.12. The van der Waals surface area contributed by atoms with Crippen molar-refractivity contribution in [2.45, 2.75) is 46.5 Å². The van der Waals surface area contributed by atoms with E-state index in [1.54, 1.807) is 21.6 Å². The molecule has 0 spiro atoms. The van der Waals surface area contributed by atoms with Gasteiger partial charge < -0.3 is 4.90 Å². The maximum absolute atomic E-state index is 13.5. The number of amides is 1. The third kappa shape index (κ3) is 4.28. The number of carbonyl (C=O) groups is 1. The molecule has 2 aromatic rings. The summed E-state index contributed by atoms with van der Waals surface area (Å²) in [5.41, 5.74) is 1.92. The number of thiocarbonyl (C=S) groups is 1. The molecule has 164 valence electrons. The molecule has 8 heteroatoms. The fourth-order valence-electron chi connectivity index (χ4n) is 4.03. The minimum atomic E-state index is -0.152. The van der Waals surface area contributed by atoms with E-state index in [-0.39, 0.29) is 11.5 Å². The number of fused-ring (bicyclic) bond motifs is 1. The van der Waals surface area contributed by atoms with E-state index in [1.807, 2.05) is 19.1 Å². The maximum atomic E-state index is 13.5. The summed E-state index contributed by atoms with van der Waals surface area (Å²) in [7, 11) is 0. The molecule has 6 nitrogen and oxygen atoms in total. The normalized spacial score (nSPS) is 19.3. The average Bonchev–Trinajstić information content (AvgIpc) is 3.02. The van der Waals surface area contributed by atoms with Gasteiger partial charge in [0.2, 0.25) is 0 Å². The lowest BCUT2D eigenvalue weighted by atomic mass is 9.99. The zero-order chi connectivity index (χ0) is 22.1. The molecular weight excluding hydrogens is 428 g/mol. The number of nitrogens with zero attached hydrogens (tertiary/aromatic N) is 4. The van der Waals surface area contributed by atoms with Crippen LogP contribution in [0.1, 0.15) is 50.7 Å². The molecule has 2 aliphatic rings. The second-order valence-corrected chi connectivity index (χ2v) is 10.1. The Morgan fingerprint density at radius 3 is 2.74 bits per heavy atom. The third-order valence-corrected chi connectivity index (χ3v) is 7.41. The molecule has 1 amide bonds. The molecule has 2 aliphatic heterocycles. The van der Waals surface area contributed by atoms with Gasteiger partial charge in [-0.3, -0.25) is 18.9 Å². The van der Waals surface area contributed by atoms with Crippen LogP contribution in [0.3, 0.4) is 0 Å². The average molecular weight is 457 g/mol. The number of piperidine rings is 1. The quantitative estimate of drug-likeness (QED) is 0.495. The van der Waals surface area contributed by atoms with E-state index < -0.39 is 0 Å². The molecule has 0 atom stereocenters. The summed E-state index contributed by atoms with van der Waals surface area (Å²) in [5.74, 6) is 1.22. The number of hydrogen-bond acceptors (Lipinski definition) is 6. The fraction of sp³-hybridized carbons (Fsp3) is 0.478. The summed E-state index contributed by atoms with van der Waals surface area (Å²) in [4.78, 5) is 35.8. The highest BCUT2D eigenvalue weighted by atomic mass is 32.2. The van der Waals surface area contributed by atoms with E-state index in [0.717, 1.165) is 44.3 Å². The van der Waals surface area contributed by atoms with Crippen molar-refractivity contribution in [2.75, 3.05) is 24.5 Å².